The molecule has 0 unspecified atom stereocenters. The number of rotatable bonds is 2. The molecule has 0 aromatic carbocycles. The summed E-state index contributed by atoms with van der Waals surface area (Å²) in [5.74, 6) is 2.56. The van der Waals surface area contributed by atoms with Crippen LogP contribution in [0.1, 0.15) is 62.3 Å². The molecule has 0 aromatic rings. The van der Waals surface area contributed by atoms with E-state index in [-0.39, 0.29) is 0 Å². The van der Waals surface area contributed by atoms with E-state index in [9.17, 15) is 0 Å². The Kier molecular flexibility index (Phi) is 20.3. The van der Waals surface area contributed by atoms with Gasteiger partial charge in [-0.05, 0) is 17.8 Å². The second-order valence-corrected chi connectivity index (χ2v) is 3.35. The summed E-state index contributed by atoms with van der Waals surface area (Å²) in [6.45, 7) is 19.4. The molecule has 0 nitrogen and oxygen atoms in total. The van der Waals surface area contributed by atoms with Crippen LogP contribution < -0.4 is 0 Å². The Morgan fingerprint density at radius 2 is 0.667 bits per heavy atom. The van der Waals surface area contributed by atoms with Crippen molar-refractivity contribution in [1.29, 1.82) is 0 Å². The van der Waals surface area contributed by atoms with E-state index in [1.807, 2.05) is 27.7 Å². The Balaban J connectivity index is -0.000000175. The zero-order chi connectivity index (χ0) is 10.7. The van der Waals surface area contributed by atoms with Gasteiger partial charge in [-0.1, -0.05) is 62.3 Å². The molecule has 0 radical (unpaired) electrons. The third kappa shape index (κ3) is 12.7. The van der Waals surface area contributed by atoms with Gasteiger partial charge in [0.1, 0.15) is 0 Å². The fourth-order valence-electron chi connectivity index (χ4n) is 0.770. The van der Waals surface area contributed by atoms with Crippen molar-refractivity contribution in [3.63, 3.8) is 0 Å². The van der Waals surface area contributed by atoms with Gasteiger partial charge in [0.15, 0.2) is 0 Å². The largest absolute Gasteiger partial charge is 0.0683 e. The molecule has 0 bridgehead atoms. The standard InChI is InChI=1S/C8H18.2C2H6/c1-6(2)8(5)7(3)4;2*1-2/h6-8H,1-5H3;2*1-2H3. The number of hydrogen-bond acceptors (Lipinski definition) is 0. The molecule has 0 rings (SSSR count). The summed E-state index contributed by atoms with van der Waals surface area (Å²) in [6, 6.07) is 0. The van der Waals surface area contributed by atoms with Crippen LogP contribution >= 0.6 is 0 Å². The Bertz CT molecular complexity index is 45.1. The van der Waals surface area contributed by atoms with Gasteiger partial charge in [0.25, 0.3) is 0 Å². The molecule has 0 aliphatic rings. The van der Waals surface area contributed by atoms with Crippen LogP contribution in [0.5, 0.6) is 0 Å². The average molecular weight is 174 g/mol. The van der Waals surface area contributed by atoms with E-state index in [0.717, 1.165) is 17.8 Å². The maximum Gasteiger partial charge on any atom is -0.0396 e. The van der Waals surface area contributed by atoms with E-state index >= 15 is 0 Å². The van der Waals surface area contributed by atoms with Crippen LogP contribution in [0.4, 0.5) is 0 Å². The second kappa shape index (κ2) is 13.6. The van der Waals surface area contributed by atoms with Gasteiger partial charge in [0, 0.05) is 0 Å². The molecule has 12 heavy (non-hydrogen) atoms. The SMILES string of the molecule is CC.CC.CC(C)C(C)C(C)C. The summed E-state index contributed by atoms with van der Waals surface area (Å²) in [6.07, 6.45) is 0. The van der Waals surface area contributed by atoms with Gasteiger partial charge >= 0.3 is 0 Å². The molecule has 0 atom stereocenters. The fourth-order valence-corrected chi connectivity index (χ4v) is 0.770. The molecular formula is C12H30. The maximum absolute atomic E-state index is 2.31. The van der Waals surface area contributed by atoms with Crippen molar-refractivity contribution >= 4 is 0 Å². The minimum Gasteiger partial charge on any atom is -0.0683 e. The Morgan fingerprint density at radius 1 is 0.500 bits per heavy atom. The highest BCUT2D eigenvalue weighted by atomic mass is 14.2. The van der Waals surface area contributed by atoms with Gasteiger partial charge in [0.05, 0.1) is 0 Å². The molecular weight excluding hydrogens is 144 g/mol. The molecule has 0 amide bonds. The topological polar surface area (TPSA) is 0 Å². The molecule has 0 aliphatic carbocycles. The van der Waals surface area contributed by atoms with Crippen LogP contribution in [-0.2, 0) is 0 Å². The highest BCUT2D eigenvalue weighted by molar-refractivity contribution is 4.59. The first-order valence-electron chi connectivity index (χ1n) is 5.55. The predicted molar refractivity (Wildman–Crippen MR) is 61.5 cm³/mol. The highest BCUT2D eigenvalue weighted by Crippen LogP contribution is 2.18. The quantitative estimate of drug-likeness (QED) is 0.553. The molecule has 0 saturated carbocycles. The lowest BCUT2D eigenvalue weighted by atomic mass is 9.88. The van der Waals surface area contributed by atoms with Crippen molar-refractivity contribution in [2.24, 2.45) is 17.8 Å². The minimum absolute atomic E-state index is 0.843. The van der Waals surface area contributed by atoms with Gasteiger partial charge in [-0.3, -0.25) is 0 Å². The molecule has 0 fully saturated rings. The molecule has 0 spiro atoms. The monoisotopic (exact) mass is 174 g/mol. The van der Waals surface area contributed by atoms with Crippen LogP contribution in [0.25, 0.3) is 0 Å². The maximum atomic E-state index is 2.31. The van der Waals surface area contributed by atoms with E-state index in [2.05, 4.69) is 34.6 Å². The van der Waals surface area contributed by atoms with Crippen molar-refractivity contribution in [2.45, 2.75) is 62.3 Å². The Hall–Kier alpha value is 0. The third-order valence-corrected chi connectivity index (χ3v) is 2.10. The molecule has 0 aliphatic heterocycles. The average Bonchev–Trinajstić information content (AvgIpc) is 2.10. The van der Waals surface area contributed by atoms with Gasteiger partial charge in [-0.15, -0.1) is 0 Å². The van der Waals surface area contributed by atoms with E-state index in [1.165, 1.54) is 0 Å². The van der Waals surface area contributed by atoms with Gasteiger partial charge < -0.3 is 0 Å². The first kappa shape index (κ1) is 17.9. The minimum atomic E-state index is 0.843. The van der Waals surface area contributed by atoms with Gasteiger partial charge in [0.2, 0.25) is 0 Å². The second-order valence-electron chi connectivity index (χ2n) is 3.35. The molecule has 0 aromatic heterocycles. The van der Waals surface area contributed by atoms with Crippen LogP contribution in [0.2, 0.25) is 0 Å². The smallest absolute Gasteiger partial charge is 0.0396 e. The Morgan fingerprint density at radius 3 is 0.667 bits per heavy atom. The van der Waals surface area contributed by atoms with Crippen LogP contribution in [0.15, 0.2) is 0 Å². The first-order chi connectivity index (χ1) is 5.55. The van der Waals surface area contributed by atoms with E-state index in [1.54, 1.807) is 0 Å². The lowest BCUT2D eigenvalue weighted by molar-refractivity contribution is 0.316. The molecule has 0 heteroatoms. The zero-order valence-corrected chi connectivity index (χ0v) is 10.7. The molecule has 0 N–H and O–H groups in total. The summed E-state index contributed by atoms with van der Waals surface area (Å²) in [4.78, 5) is 0. The zero-order valence-electron chi connectivity index (χ0n) is 10.7. The first-order valence-corrected chi connectivity index (χ1v) is 5.55. The van der Waals surface area contributed by atoms with Crippen molar-refractivity contribution < 1.29 is 0 Å². The van der Waals surface area contributed by atoms with Crippen molar-refractivity contribution in [3.8, 4) is 0 Å². The lowest BCUT2D eigenvalue weighted by Gasteiger charge is -2.18. The third-order valence-electron chi connectivity index (χ3n) is 2.10. The summed E-state index contributed by atoms with van der Waals surface area (Å²) in [5, 5.41) is 0. The summed E-state index contributed by atoms with van der Waals surface area (Å²) >= 11 is 0. The molecule has 0 heterocycles. The van der Waals surface area contributed by atoms with Crippen LogP contribution in [0.3, 0.4) is 0 Å². The summed E-state index contributed by atoms with van der Waals surface area (Å²) < 4.78 is 0. The van der Waals surface area contributed by atoms with E-state index in [0.29, 0.717) is 0 Å². The van der Waals surface area contributed by atoms with Crippen molar-refractivity contribution in [1.82, 2.24) is 0 Å². The van der Waals surface area contributed by atoms with E-state index in [4.69, 9.17) is 0 Å². The van der Waals surface area contributed by atoms with Crippen LogP contribution in [-0.4, -0.2) is 0 Å². The molecule has 78 valence electrons. The summed E-state index contributed by atoms with van der Waals surface area (Å²) in [5.41, 5.74) is 0. The fraction of sp³-hybridized carbons (Fsp3) is 1.00. The van der Waals surface area contributed by atoms with Gasteiger partial charge in [-0.2, -0.15) is 0 Å². The highest BCUT2D eigenvalue weighted by Gasteiger charge is 2.09. The van der Waals surface area contributed by atoms with Gasteiger partial charge in [-0.25, -0.2) is 0 Å². The summed E-state index contributed by atoms with van der Waals surface area (Å²) in [7, 11) is 0. The number of hydrogen-bond donors (Lipinski definition) is 0. The normalized spacial score (nSPS) is 9.00. The Labute approximate surface area is 80.8 Å². The van der Waals surface area contributed by atoms with Crippen molar-refractivity contribution in [3.05, 3.63) is 0 Å². The molecule has 0 saturated heterocycles. The lowest BCUT2D eigenvalue weighted by Crippen LogP contribution is -2.10. The predicted octanol–water partition coefficient (Wildman–Crippen LogP) is 4.99. The van der Waals surface area contributed by atoms with E-state index < -0.39 is 0 Å². The van der Waals surface area contributed by atoms with Crippen molar-refractivity contribution in [2.75, 3.05) is 0 Å². The van der Waals surface area contributed by atoms with Crippen LogP contribution in [0, 0.1) is 17.8 Å².